The van der Waals surface area contributed by atoms with Crippen LogP contribution in [0, 0.1) is 0 Å². The highest BCUT2D eigenvalue weighted by Gasteiger charge is 2.45. The Labute approximate surface area is 214 Å². The van der Waals surface area contributed by atoms with Crippen molar-refractivity contribution in [2.75, 3.05) is 19.6 Å². The topological polar surface area (TPSA) is 98.7 Å². The van der Waals surface area contributed by atoms with E-state index in [-0.39, 0.29) is 22.5 Å². The lowest BCUT2D eigenvalue weighted by Gasteiger charge is -2.37. The van der Waals surface area contributed by atoms with Crippen molar-refractivity contribution in [2.24, 2.45) is 0 Å². The number of aromatic hydroxyl groups is 1. The van der Waals surface area contributed by atoms with Crippen molar-refractivity contribution in [3.8, 4) is 5.75 Å². The van der Waals surface area contributed by atoms with Crippen molar-refractivity contribution >= 4 is 15.7 Å². The zero-order valence-electron chi connectivity index (χ0n) is 20.7. The maximum atomic E-state index is 13.3. The van der Waals surface area contributed by atoms with Crippen molar-refractivity contribution < 1.29 is 18.3 Å². The molecule has 1 heterocycles. The number of rotatable bonds is 11. The molecule has 2 aromatic carbocycles. The minimum atomic E-state index is -3.21. The first-order chi connectivity index (χ1) is 17.4. The Bertz CT molecular complexity index is 1140. The van der Waals surface area contributed by atoms with Gasteiger partial charge in [0.1, 0.15) is 11.1 Å². The van der Waals surface area contributed by atoms with E-state index in [1.165, 1.54) is 18.1 Å². The molecule has 3 N–H and O–H groups in total. The van der Waals surface area contributed by atoms with Crippen LogP contribution in [0.15, 0.2) is 54.6 Å². The molecule has 2 aliphatic carbocycles. The summed E-state index contributed by atoms with van der Waals surface area (Å²) in [6, 6.07) is 18.1. The molecular formula is C28H37N3O4S. The molecule has 7 nitrogen and oxygen atoms in total. The Morgan fingerprint density at radius 1 is 1.00 bits per heavy atom. The molecule has 1 aliphatic heterocycles. The molecule has 3 fully saturated rings. The quantitative estimate of drug-likeness (QED) is 0.400. The number of nitrogens with zero attached hydrogens (tertiary/aromatic N) is 1. The second-order valence-corrected chi connectivity index (χ2v) is 12.9. The van der Waals surface area contributed by atoms with Gasteiger partial charge in [-0.05, 0) is 62.6 Å². The molecule has 0 radical (unpaired) electrons. The van der Waals surface area contributed by atoms with Crippen LogP contribution in [0.25, 0.3) is 0 Å². The third kappa shape index (κ3) is 5.93. The van der Waals surface area contributed by atoms with Crippen molar-refractivity contribution in [1.82, 2.24) is 15.5 Å². The minimum Gasteiger partial charge on any atom is -0.507 e. The normalized spacial score (nSPS) is 23.8. The van der Waals surface area contributed by atoms with Gasteiger partial charge in [0.2, 0.25) is 0 Å². The molecule has 2 aromatic rings. The standard InChI is InChI=1S/C28H37N3O4S/c32-26-10-5-4-9-23(26)28(33)29-16-6-11-27(36(34,35)22-12-13-22)31-17-14-21(15-18-31)30-25-19-24(25)20-7-2-1-3-8-20/h1-5,7-10,21-22,24-25,27,30,32H,6,11-19H2,(H,29,33)/t24-,25+,27?/m0/s1. The first-order valence-corrected chi connectivity index (χ1v) is 14.9. The summed E-state index contributed by atoms with van der Waals surface area (Å²) in [5.74, 6) is 0.206. The van der Waals surface area contributed by atoms with Crippen LogP contribution in [0.1, 0.15) is 66.8 Å². The van der Waals surface area contributed by atoms with E-state index in [9.17, 15) is 18.3 Å². The molecule has 1 amide bonds. The number of amides is 1. The van der Waals surface area contributed by atoms with E-state index in [4.69, 9.17) is 0 Å². The first-order valence-electron chi connectivity index (χ1n) is 13.3. The van der Waals surface area contributed by atoms with Crippen molar-refractivity contribution in [3.05, 3.63) is 65.7 Å². The fourth-order valence-electron chi connectivity index (χ4n) is 5.52. The number of likely N-dealkylation sites (tertiary alicyclic amines) is 1. The number of nitrogens with one attached hydrogen (secondary N) is 2. The molecule has 0 spiro atoms. The molecule has 8 heteroatoms. The summed E-state index contributed by atoms with van der Waals surface area (Å²) in [5, 5.41) is 15.8. The predicted octanol–water partition coefficient (Wildman–Crippen LogP) is 3.42. The highest BCUT2D eigenvalue weighted by atomic mass is 32.2. The van der Waals surface area contributed by atoms with E-state index >= 15 is 0 Å². The molecule has 3 atom stereocenters. The highest BCUT2D eigenvalue weighted by Crippen LogP contribution is 2.41. The van der Waals surface area contributed by atoms with Gasteiger partial charge >= 0.3 is 0 Å². The number of benzene rings is 2. The van der Waals surface area contributed by atoms with Gasteiger partial charge in [0.15, 0.2) is 9.84 Å². The summed E-state index contributed by atoms with van der Waals surface area (Å²) < 4.78 is 26.6. The number of sulfone groups is 1. The molecule has 194 valence electrons. The second-order valence-electron chi connectivity index (χ2n) is 10.5. The van der Waals surface area contributed by atoms with Crippen LogP contribution in [0.2, 0.25) is 0 Å². The number of phenolic OH excluding ortho intramolecular Hbond substituents is 1. The number of carbonyl (C=O) groups is 1. The zero-order chi connectivity index (χ0) is 25.1. The van der Waals surface area contributed by atoms with Crippen LogP contribution in [0.5, 0.6) is 5.75 Å². The van der Waals surface area contributed by atoms with E-state index in [0.717, 1.165) is 38.8 Å². The fraction of sp³-hybridized carbons (Fsp3) is 0.536. The van der Waals surface area contributed by atoms with Crippen LogP contribution < -0.4 is 10.6 Å². The van der Waals surface area contributed by atoms with Crippen molar-refractivity contribution in [2.45, 2.75) is 73.6 Å². The maximum Gasteiger partial charge on any atom is 0.255 e. The van der Waals surface area contributed by atoms with Crippen LogP contribution in [0.3, 0.4) is 0 Å². The minimum absolute atomic E-state index is 0.0537. The molecule has 5 rings (SSSR count). The highest BCUT2D eigenvalue weighted by molar-refractivity contribution is 7.92. The molecule has 36 heavy (non-hydrogen) atoms. The van der Waals surface area contributed by atoms with Crippen molar-refractivity contribution in [3.63, 3.8) is 0 Å². The predicted molar refractivity (Wildman–Crippen MR) is 141 cm³/mol. The van der Waals surface area contributed by atoms with E-state index in [2.05, 4.69) is 45.9 Å². The van der Waals surface area contributed by atoms with Crippen molar-refractivity contribution in [1.29, 1.82) is 0 Å². The lowest BCUT2D eigenvalue weighted by Crippen LogP contribution is -2.50. The van der Waals surface area contributed by atoms with Crippen LogP contribution in [-0.2, 0) is 9.84 Å². The summed E-state index contributed by atoms with van der Waals surface area (Å²) in [6.07, 6.45) is 5.71. The number of piperidine rings is 1. The molecular weight excluding hydrogens is 474 g/mol. The van der Waals surface area contributed by atoms with Gasteiger partial charge in [-0.3, -0.25) is 9.69 Å². The third-order valence-electron chi connectivity index (χ3n) is 7.84. The smallest absolute Gasteiger partial charge is 0.255 e. The van der Waals surface area contributed by atoms with E-state index in [1.807, 2.05) is 0 Å². The largest absolute Gasteiger partial charge is 0.507 e. The summed E-state index contributed by atoms with van der Waals surface area (Å²) >= 11 is 0. The number of phenols is 1. The number of hydrogen-bond donors (Lipinski definition) is 3. The van der Waals surface area contributed by atoms with Gasteiger partial charge in [-0.15, -0.1) is 0 Å². The summed E-state index contributed by atoms with van der Waals surface area (Å²) in [5.41, 5.74) is 1.64. The summed E-state index contributed by atoms with van der Waals surface area (Å²) in [7, 11) is -3.21. The van der Waals surface area contributed by atoms with Gasteiger partial charge in [-0.2, -0.15) is 0 Å². The van der Waals surface area contributed by atoms with Gasteiger partial charge in [0.05, 0.1) is 10.8 Å². The van der Waals surface area contributed by atoms with Crippen LogP contribution in [-0.4, -0.2) is 66.7 Å². The Morgan fingerprint density at radius 2 is 1.69 bits per heavy atom. The zero-order valence-corrected chi connectivity index (χ0v) is 21.5. The van der Waals surface area contributed by atoms with Gasteiger partial charge in [0.25, 0.3) is 5.91 Å². The number of para-hydroxylation sites is 1. The van der Waals surface area contributed by atoms with Gasteiger partial charge < -0.3 is 15.7 Å². The second kappa shape index (κ2) is 10.9. The average molecular weight is 512 g/mol. The molecule has 3 aliphatic rings. The average Bonchev–Trinajstić information content (AvgIpc) is 3.80. The maximum absolute atomic E-state index is 13.3. The van der Waals surface area contributed by atoms with E-state index < -0.39 is 15.2 Å². The SMILES string of the molecule is O=C(NCCCC(N1CCC(N[C@@H]2C[C@H]2c2ccccc2)CC1)S(=O)(=O)C1CC1)c1ccccc1O. The van der Waals surface area contributed by atoms with Gasteiger partial charge in [0, 0.05) is 37.6 Å². The Kier molecular flexibility index (Phi) is 7.65. The molecule has 2 saturated carbocycles. The summed E-state index contributed by atoms with van der Waals surface area (Å²) in [6.45, 7) is 1.94. The molecule has 0 bridgehead atoms. The number of hydrogen-bond acceptors (Lipinski definition) is 6. The third-order valence-corrected chi connectivity index (χ3v) is 10.5. The van der Waals surface area contributed by atoms with Crippen LogP contribution in [0.4, 0.5) is 0 Å². The number of carbonyl (C=O) groups excluding carboxylic acids is 1. The van der Waals surface area contributed by atoms with Gasteiger partial charge in [-0.1, -0.05) is 42.5 Å². The lowest BCUT2D eigenvalue weighted by molar-refractivity contribution is 0.0949. The molecule has 1 unspecified atom stereocenters. The Hall–Kier alpha value is -2.42. The van der Waals surface area contributed by atoms with Crippen LogP contribution >= 0.6 is 0 Å². The Morgan fingerprint density at radius 3 is 2.39 bits per heavy atom. The first kappa shape index (κ1) is 25.2. The summed E-state index contributed by atoms with van der Waals surface area (Å²) in [4.78, 5) is 14.5. The van der Waals surface area contributed by atoms with E-state index in [1.54, 1.807) is 18.2 Å². The molecule has 1 saturated heterocycles. The molecule has 0 aromatic heterocycles. The Balaban J connectivity index is 1.11. The lowest BCUT2D eigenvalue weighted by atomic mass is 10.0. The van der Waals surface area contributed by atoms with E-state index in [0.29, 0.717) is 37.4 Å². The van der Waals surface area contributed by atoms with Gasteiger partial charge in [-0.25, -0.2) is 8.42 Å². The fourth-order valence-corrected chi connectivity index (χ4v) is 7.88. The monoisotopic (exact) mass is 511 g/mol.